The van der Waals surface area contributed by atoms with E-state index in [0.717, 1.165) is 49.9 Å². The summed E-state index contributed by atoms with van der Waals surface area (Å²) in [4.78, 5) is 25.0. The molecule has 7 nitrogen and oxygen atoms in total. The number of anilines is 2. The van der Waals surface area contributed by atoms with Crippen molar-refractivity contribution < 1.29 is 18.0 Å². The summed E-state index contributed by atoms with van der Waals surface area (Å²) in [6.07, 6.45) is 8.03. The highest BCUT2D eigenvalue weighted by atomic mass is 35.5. The molecule has 3 N–H and O–H groups in total. The molecule has 1 fully saturated rings. The fourth-order valence-corrected chi connectivity index (χ4v) is 4.03. The number of halogens is 4. The second-order valence-corrected chi connectivity index (χ2v) is 8.54. The predicted octanol–water partition coefficient (Wildman–Crippen LogP) is 5.17. The number of nitrogens with one attached hydrogen (secondary N) is 3. The van der Waals surface area contributed by atoms with Crippen LogP contribution in [0.5, 0.6) is 0 Å². The third kappa shape index (κ3) is 6.92. The van der Waals surface area contributed by atoms with Gasteiger partial charge in [0.15, 0.2) is 11.6 Å². The molecule has 1 aromatic heterocycles. The Morgan fingerprint density at radius 2 is 1.74 bits per heavy atom. The van der Waals surface area contributed by atoms with Crippen molar-refractivity contribution in [3.63, 3.8) is 0 Å². The summed E-state index contributed by atoms with van der Waals surface area (Å²) in [6, 6.07) is 6.78. The summed E-state index contributed by atoms with van der Waals surface area (Å²) in [5, 5.41) is 9.57. The number of carbonyl (C=O) groups is 1. The molecule has 1 heterocycles. The molecule has 0 aliphatic heterocycles. The minimum Gasteiger partial charge on any atom is -0.366 e. The molecule has 0 bridgehead atoms. The molecule has 1 aliphatic rings. The first kappa shape index (κ1) is 24.5. The molecular formula is C24H22ClF3N6O. The number of aliphatic imine (C=N–C) groups is 1. The zero-order valence-corrected chi connectivity index (χ0v) is 19.2. The Morgan fingerprint density at radius 1 is 0.971 bits per heavy atom. The normalized spacial score (nSPS) is 18.1. The lowest BCUT2D eigenvalue weighted by molar-refractivity contribution is 0.100. The Balaban J connectivity index is 1.47. The third-order valence-corrected chi connectivity index (χ3v) is 5.71. The molecule has 3 aromatic rings. The van der Waals surface area contributed by atoms with Gasteiger partial charge in [0.2, 0.25) is 5.96 Å². The number of carbonyl (C=O) groups excluding carboxylic acids is 1. The predicted molar refractivity (Wildman–Crippen MR) is 128 cm³/mol. The first-order valence-electron chi connectivity index (χ1n) is 11.0. The van der Waals surface area contributed by atoms with Crippen molar-refractivity contribution in [3.8, 4) is 0 Å². The third-order valence-electron chi connectivity index (χ3n) is 5.49. The molecule has 0 saturated heterocycles. The van der Waals surface area contributed by atoms with E-state index in [9.17, 15) is 18.0 Å². The van der Waals surface area contributed by atoms with Crippen molar-refractivity contribution in [3.05, 3.63) is 83.0 Å². The molecule has 182 valence electrons. The highest BCUT2D eigenvalue weighted by Crippen LogP contribution is 2.22. The minimum atomic E-state index is -1.15. The van der Waals surface area contributed by atoms with Gasteiger partial charge in [-0.05, 0) is 62.1 Å². The average Bonchev–Trinajstić information content (AvgIpc) is 2.82. The largest absolute Gasteiger partial charge is 0.366 e. The molecule has 4 rings (SSSR count). The number of aromatic nitrogens is 2. The maximum Gasteiger partial charge on any atom is 0.280 e. The molecule has 0 unspecified atom stereocenters. The van der Waals surface area contributed by atoms with Crippen LogP contribution in [-0.2, 0) is 0 Å². The summed E-state index contributed by atoms with van der Waals surface area (Å²) in [5.41, 5.74) is 0.150. The second-order valence-electron chi connectivity index (χ2n) is 8.11. The molecule has 2 aromatic carbocycles. The summed E-state index contributed by atoms with van der Waals surface area (Å²) < 4.78 is 40.7. The molecule has 11 heteroatoms. The number of hydrogen-bond donors (Lipinski definition) is 3. The Labute approximate surface area is 204 Å². The molecule has 1 aliphatic carbocycles. The first-order chi connectivity index (χ1) is 16.9. The van der Waals surface area contributed by atoms with Crippen LogP contribution in [-0.4, -0.2) is 33.9 Å². The van der Waals surface area contributed by atoms with E-state index < -0.39 is 23.4 Å². The van der Waals surface area contributed by atoms with Gasteiger partial charge in [-0.25, -0.2) is 18.2 Å². The van der Waals surface area contributed by atoms with E-state index in [1.807, 2.05) is 0 Å². The SMILES string of the molecule is O=C(/N=C(/Nc1cc(F)cc(Cl)c1)N[C@H]1CC[C@H](Nc2cnccn2)CC1)c1ccc(F)c(F)c1. The minimum absolute atomic E-state index is 0.0389. The lowest BCUT2D eigenvalue weighted by Crippen LogP contribution is -2.43. The Kier molecular flexibility index (Phi) is 7.81. The van der Waals surface area contributed by atoms with Crippen LogP contribution in [0.25, 0.3) is 0 Å². The number of benzene rings is 2. The number of amides is 1. The van der Waals surface area contributed by atoms with Crippen molar-refractivity contribution in [1.29, 1.82) is 0 Å². The van der Waals surface area contributed by atoms with Gasteiger partial charge in [0, 0.05) is 40.8 Å². The molecule has 35 heavy (non-hydrogen) atoms. The van der Waals surface area contributed by atoms with E-state index in [1.165, 1.54) is 12.1 Å². The van der Waals surface area contributed by atoms with Crippen molar-refractivity contribution in [2.24, 2.45) is 4.99 Å². The topological polar surface area (TPSA) is 91.3 Å². The lowest BCUT2D eigenvalue weighted by atomic mass is 9.91. The van der Waals surface area contributed by atoms with Crippen LogP contribution in [0.2, 0.25) is 5.02 Å². The Hall–Kier alpha value is -3.66. The number of nitrogens with zero attached hydrogens (tertiary/aromatic N) is 3. The monoisotopic (exact) mass is 502 g/mol. The quantitative estimate of drug-likeness (QED) is 0.329. The van der Waals surface area contributed by atoms with Gasteiger partial charge in [-0.2, -0.15) is 4.99 Å². The summed E-state index contributed by atoms with van der Waals surface area (Å²) in [6.45, 7) is 0. The van der Waals surface area contributed by atoms with Crippen LogP contribution in [0.3, 0.4) is 0 Å². The van der Waals surface area contributed by atoms with Crippen molar-refractivity contribution in [1.82, 2.24) is 15.3 Å². The van der Waals surface area contributed by atoms with Crippen molar-refractivity contribution in [2.45, 2.75) is 37.8 Å². The molecule has 1 saturated carbocycles. The van der Waals surface area contributed by atoms with Gasteiger partial charge in [-0.1, -0.05) is 11.6 Å². The zero-order chi connectivity index (χ0) is 24.8. The van der Waals surface area contributed by atoms with Gasteiger partial charge in [-0.3, -0.25) is 9.78 Å². The number of guanidine groups is 1. The van der Waals surface area contributed by atoms with Crippen LogP contribution < -0.4 is 16.0 Å². The summed E-state index contributed by atoms with van der Waals surface area (Å²) in [5.74, 6) is -2.83. The van der Waals surface area contributed by atoms with Crippen LogP contribution in [0.1, 0.15) is 36.0 Å². The van der Waals surface area contributed by atoms with Gasteiger partial charge in [0.25, 0.3) is 5.91 Å². The first-order valence-corrected chi connectivity index (χ1v) is 11.3. The van der Waals surface area contributed by atoms with Gasteiger partial charge in [0.1, 0.15) is 11.6 Å². The fraction of sp³-hybridized carbons (Fsp3) is 0.250. The second kappa shape index (κ2) is 11.2. The highest BCUT2D eigenvalue weighted by molar-refractivity contribution is 6.31. The standard InChI is InChI=1S/C24H22ClF3N6O/c25-15-10-16(26)12-19(11-15)33-24(34-23(35)14-1-6-20(27)21(28)9-14)32-18-4-2-17(3-5-18)31-22-13-29-7-8-30-22/h1,6-13,17-18H,2-5H2,(H,30,31)(H2,32,33,34,35)/t17-,18-. The van der Waals surface area contributed by atoms with Crippen LogP contribution in [0.4, 0.5) is 24.7 Å². The van der Waals surface area contributed by atoms with Gasteiger partial charge < -0.3 is 16.0 Å². The van der Waals surface area contributed by atoms with E-state index in [1.54, 1.807) is 18.6 Å². The van der Waals surface area contributed by atoms with Gasteiger partial charge in [-0.15, -0.1) is 0 Å². The van der Waals surface area contributed by atoms with E-state index in [4.69, 9.17) is 11.6 Å². The fourth-order valence-electron chi connectivity index (χ4n) is 3.81. The van der Waals surface area contributed by atoms with E-state index >= 15 is 0 Å². The molecule has 0 atom stereocenters. The zero-order valence-electron chi connectivity index (χ0n) is 18.4. The number of rotatable bonds is 5. The maximum atomic E-state index is 13.8. The van der Waals surface area contributed by atoms with E-state index in [0.29, 0.717) is 5.82 Å². The molecule has 0 radical (unpaired) electrons. The van der Waals surface area contributed by atoms with Crippen molar-refractivity contribution >= 4 is 35.0 Å². The molecule has 1 amide bonds. The van der Waals surface area contributed by atoms with Gasteiger partial charge >= 0.3 is 0 Å². The van der Waals surface area contributed by atoms with Crippen LogP contribution in [0.15, 0.2) is 60.0 Å². The Morgan fingerprint density at radius 3 is 2.43 bits per heavy atom. The van der Waals surface area contributed by atoms with E-state index in [-0.39, 0.29) is 34.3 Å². The highest BCUT2D eigenvalue weighted by Gasteiger charge is 2.23. The summed E-state index contributed by atoms with van der Waals surface area (Å²) >= 11 is 5.94. The van der Waals surface area contributed by atoms with Crippen molar-refractivity contribution in [2.75, 3.05) is 10.6 Å². The molecule has 0 spiro atoms. The molecular weight excluding hydrogens is 481 g/mol. The van der Waals surface area contributed by atoms with Crippen LogP contribution in [0, 0.1) is 17.5 Å². The van der Waals surface area contributed by atoms with E-state index in [2.05, 4.69) is 30.9 Å². The van der Waals surface area contributed by atoms with Gasteiger partial charge in [0.05, 0.1) is 6.20 Å². The average molecular weight is 503 g/mol. The smallest absolute Gasteiger partial charge is 0.280 e. The Bertz CT molecular complexity index is 1200. The summed E-state index contributed by atoms with van der Waals surface area (Å²) in [7, 11) is 0. The lowest BCUT2D eigenvalue weighted by Gasteiger charge is -2.30. The number of hydrogen-bond acceptors (Lipinski definition) is 4. The van der Waals surface area contributed by atoms with Crippen LogP contribution >= 0.6 is 11.6 Å². The maximum absolute atomic E-state index is 13.8.